The molecule has 0 unspecified atom stereocenters. The number of aryl methyl sites for hydroxylation is 1. The van der Waals surface area contributed by atoms with Gasteiger partial charge in [0, 0.05) is 88.4 Å². The summed E-state index contributed by atoms with van der Waals surface area (Å²) in [4.78, 5) is 78.8. The number of nitrogens with zero attached hydrogens (tertiary/aromatic N) is 6. The minimum absolute atomic E-state index is 0.00212. The summed E-state index contributed by atoms with van der Waals surface area (Å²) in [5.74, 6) is -1.71. The van der Waals surface area contributed by atoms with Gasteiger partial charge in [-0.15, -0.1) is 0 Å². The molecule has 6 bridgehead atoms. The van der Waals surface area contributed by atoms with Crippen molar-refractivity contribution in [2.75, 3.05) is 53.9 Å². The number of aromatic nitrogens is 2. The fourth-order valence-corrected chi connectivity index (χ4v) is 9.67. The van der Waals surface area contributed by atoms with Crippen LogP contribution in [0.3, 0.4) is 0 Å². The minimum Gasteiger partial charge on any atom is -0.508 e. The average Bonchev–Trinajstić information content (AvgIpc) is 4.11. The lowest BCUT2D eigenvalue weighted by atomic mass is 9.83. The Morgan fingerprint density at radius 2 is 1.73 bits per heavy atom. The summed E-state index contributed by atoms with van der Waals surface area (Å²) in [6.45, 7) is 16.6. The van der Waals surface area contributed by atoms with Crippen LogP contribution in [0.5, 0.6) is 5.75 Å². The van der Waals surface area contributed by atoms with Crippen LogP contribution in [0.1, 0.15) is 84.0 Å². The van der Waals surface area contributed by atoms with Crippen LogP contribution in [0.2, 0.25) is 0 Å². The number of benzene rings is 2. The molecule has 0 radical (unpaired) electrons. The van der Waals surface area contributed by atoms with Crippen molar-refractivity contribution in [1.29, 1.82) is 0 Å². The van der Waals surface area contributed by atoms with E-state index in [-0.39, 0.29) is 55.7 Å². The number of likely N-dealkylation sites (N-methyl/N-ethyl adjacent to an activating group) is 3. The average molecular weight is 920 g/mol. The monoisotopic (exact) mass is 920 g/mol. The number of hydrogen-bond donors (Lipinski definition) is 4. The quantitative estimate of drug-likeness (QED) is 0.113. The van der Waals surface area contributed by atoms with Crippen molar-refractivity contribution in [3.05, 3.63) is 71.5 Å². The zero-order valence-electron chi connectivity index (χ0n) is 40.8. The van der Waals surface area contributed by atoms with E-state index >= 15 is 0 Å². The molecule has 5 heterocycles. The second kappa shape index (κ2) is 20.1. The van der Waals surface area contributed by atoms with Crippen LogP contribution in [0.15, 0.2) is 54.7 Å². The number of ether oxygens (including phenoxy) is 1. The van der Waals surface area contributed by atoms with Gasteiger partial charge in [-0.2, -0.15) is 0 Å². The molecular formula is C51H69N9O7. The number of amides is 5. The van der Waals surface area contributed by atoms with Gasteiger partial charge in [0.2, 0.25) is 11.8 Å². The smallest absolute Gasteiger partial charge is 0.324 e. The Labute approximate surface area is 394 Å². The number of phenols is 1. The standard InChI is InChI=1S/C51H69N9O7/c1-11-59-42-17-16-33-26-37(42)38(45(59)36-14-12-18-52-43(36)30(2)3)27-51(6,7)29-67-49(65)39-15-13-19-60(55-39)48(64)40(24-32-22-34(33)25-35(61)23-32)54-46(62)44(31(4)5)58(10)50(66)57(9)21-20-56(8)47(63)41-28-53-41/h12,14,16-18,22-23,25-26,30-31,39-41,44,53,55,61H,11,13,15,19-21,24,27-29H2,1-10H3,(H,54,62)/t39-,40-,41+,44-/m0/s1. The summed E-state index contributed by atoms with van der Waals surface area (Å²) in [6, 6.07) is 12.1. The van der Waals surface area contributed by atoms with Gasteiger partial charge in [0.25, 0.3) is 5.91 Å². The molecule has 16 nitrogen and oxygen atoms in total. The predicted molar refractivity (Wildman–Crippen MR) is 258 cm³/mol. The molecule has 67 heavy (non-hydrogen) atoms. The number of carbonyl (C=O) groups excluding carboxylic acids is 5. The topological polar surface area (TPSA) is 192 Å². The van der Waals surface area contributed by atoms with E-state index in [9.17, 15) is 29.1 Å². The fraction of sp³-hybridized carbons (Fsp3) is 0.529. The van der Waals surface area contributed by atoms with E-state index in [2.05, 4.69) is 73.4 Å². The molecule has 5 amide bonds. The number of aromatic hydroxyl groups is 1. The maximum Gasteiger partial charge on any atom is 0.324 e. The van der Waals surface area contributed by atoms with Gasteiger partial charge < -0.3 is 39.7 Å². The summed E-state index contributed by atoms with van der Waals surface area (Å²) >= 11 is 0. The van der Waals surface area contributed by atoms with Crippen LogP contribution in [-0.2, 0) is 43.3 Å². The summed E-state index contributed by atoms with van der Waals surface area (Å²) in [5, 5.41) is 19.8. The van der Waals surface area contributed by atoms with E-state index in [0.29, 0.717) is 44.5 Å². The summed E-state index contributed by atoms with van der Waals surface area (Å²) in [7, 11) is 4.88. The van der Waals surface area contributed by atoms with Crippen LogP contribution in [-0.4, -0.2) is 142 Å². The molecule has 3 aliphatic heterocycles. The van der Waals surface area contributed by atoms with Gasteiger partial charge >= 0.3 is 12.0 Å². The van der Waals surface area contributed by atoms with E-state index in [0.717, 1.165) is 44.5 Å². The fourth-order valence-electron chi connectivity index (χ4n) is 9.67. The summed E-state index contributed by atoms with van der Waals surface area (Å²) in [6.07, 6.45) is 3.37. The van der Waals surface area contributed by atoms with E-state index in [1.807, 2.05) is 38.2 Å². The number of phenolic OH excluding ortho intramolecular Hbond substituents is 1. The third kappa shape index (κ3) is 10.8. The molecule has 7 rings (SSSR count). The normalized spacial score (nSPS) is 20.0. The molecule has 4 N–H and O–H groups in total. The van der Waals surface area contributed by atoms with Crippen LogP contribution in [0, 0.1) is 11.3 Å². The van der Waals surface area contributed by atoms with Crippen LogP contribution < -0.4 is 16.1 Å². The zero-order valence-corrected chi connectivity index (χ0v) is 40.8. The molecule has 4 atom stereocenters. The van der Waals surface area contributed by atoms with Gasteiger partial charge in [0.1, 0.15) is 23.9 Å². The molecule has 0 saturated carbocycles. The number of nitrogens with one attached hydrogen (secondary N) is 3. The lowest BCUT2D eigenvalue weighted by Crippen LogP contribution is -2.62. The zero-order chi connectivity index (χ0) is 48.5. The number of esters is 1. The summed E-state index contributed by atoms with van der Waals surface area (Å²) < 4.78 is 8.45. The number of hydrogen-bond acceptors (Lipinski definition) is 10. The van der Waals surface area contributed by atoms with Crippen LogP contribution in [0.25, 0.3) is 33.3 Å². The first-order valence-electron chi connectivity index (χ1n) is 23.7. The Balaban J connectivity index is 1.27. The number of rotatable bonds is 11. The van der Waals surface area contributed by atoms with Gasteiger partial charge in [-0.25, -0.2) is 10.2 Å². The molecule has 2 aromatic heterocycles. The lowest BCUT2D eigenvalue weighted by molar-refractivity contribution is -0.155. The highest BCUT2D eigenvalue weighted by Crippen LogP contribution is 2.42. The van der Waals surface area contributed by atoms with Crippen molar-refractivity contribution in [3.8, 4) is 28.1 Å². The van der Waals surface area contributed by atoms with Gasteiger partial charge in [-0.3, -0.25) is 29.2 Å². The molecule has 0 aliphatic carbocycles. The molecule has 2 aromatic carbocycles. The second-order valence-corrected chi connectivity index (χ2v) is 20.0. The first-order chi connectivity index (χ1) is 31.8. The SMILES string of the molecule is CCn1c(-c2cccnc2C(C)C)c2c3cc(ccc31)-c1cc(O)cc(c1)C[C@H](NC(=O)[C@H](C(C)C)N(C)C(=O)N(C)CCN(C)C(=O)[C@H]1CN1)C(=O)N1CCC[C@H](N1)C(=O)OCC(C)(C)C2. The van der Waals surface area contributed by atoms with E-state index in [1.165, 1.54) is 14.8 Å². The molecule has 360 valence electrons. The van der Waals surface area contributed by atoms with E-state index in [4.69, 9.17) is 9.72 Å². The molecule has 16 heteroatoms. The molecular weight excluding hydrogens is 851 g/mol. The van der Waals surface area contributed by atoms with Crippen LogP contribution >= 0.6 is 0 Å². The number of pyridine rings is 1. The van der Waals surface area contributed by atoms with Gasteiger partial charge in [-0.1, -0.05) is 53.7 Å². The Hall–Kier alpha value is -6.00. The lowest BCUT2D eigenvalue weighted by Gasteiger charge is -2.37. The number of carbonyl (C=O) groups is 5. The Kier molecular flexibility index (Phi) is 14.7. The first-order valence-corrected chi connectivity index (χ1v) is 23.7. The molecule has 2 saturated heterocycles. The Morgan fingerprint density at radius 1 is 1.00 bits per heavy atom. The second-order valence-electron chi connectivity index (χ2n) is 20.0. The number of hydrazine groups is 1. The summed E-state index contributed by atoms with van der Waals surface area (Å²) in [5.41, 5.74) is 10.1. The van der Waals surface area contributed by atoms with Crippen molar-refractivity contribution >= 4 is 40.6 Å². The van der Waals surface area contributed by atoms with Gasteiger partial charge in [0.15, 0.2) is 0 Å². The first kappa shape index (κ1) is 48.9. The Bertz CT molecular complexity index is 2510. The Morgan fingerprint density at radius 3 is 2.42 bits per heavy atom. The molecule has 3 aliphatic rings. The molecule has 0 spiro atoms. The maximum atomic E-state index is 14.7. The third-order valence-corrected chi connectivity index (χ3v) is 13.3. The number of urea groups is 1. The van der Waals surface area contributed by atoms with Crippen LogP contribution in [0.4, 0.5) is 4.79 Å². The predicted octanol–water partition coefficient (Wildman–Crippen LogP) is 5.31. The van der Waals surface area contributed by atoms with Gasteiger partial charge in [0.05, 0.1) is 24.0 Å². The van der Waals surface area contributed by atoms with Crippen molar-refractivity contribution in [2.24, 2.45) is 11.3 Å². The number of fused-ring (bicyclic) bond motifs is 6. The molecule has 2 fully saturated rings. The van der Waals surface area contributed by atoms with Crippen molar-refractivity contribution in [2.45, 2.75) is 111 Å². The highest BCUT2D eigenvalue weighted by atomic mass is 16.5. The van der Waals surface area contributed by atoms with Gasteiger partial charge in [-0.05, 0) is 96.7 Å². The van der Waals surface area contributed by atoms with E-state index in [1.54, 1.807) is 38.2 Å². The van der Waals surface area contributed by atoms with Crippen molar-refractivity contribution < 1.29 is 33.8 Å². The van der Waals surface area contributed by atoms with E-state index < -0.39 is 47.4 Å². The van der Waals surface area contributed by atoms with Crippen molar-refractivity contribution in [3.63, 3.8) is 0 Å². The third-order valence-electron chi connectivity index (χ3n) is 13.3. The number of cyclic esters (lactones) is 1. The molecule has 4 aromatic rings. The maximum absolute atomic E-state index is 14.7. The largest absolute Gasteiger partial charge is 0.508 e. The highest BCUT2D eigenvalue weighted by Gasteiger charge is 2.39. The highest BCUT2D eigenvalue weighted by molar-refractivity contribution is 5.96. The van der Waals surface area contributed by atoms with Crippen molar-refractivity contribution in [1.82, 2.24) is 45.3 Å². The minimum atomic E-state index is -1.16.